The quantitative estimate of drug-likeness (QED) is 0.768. The Morgan fingerprint density at radius 2 is 1.71 bits per heavy atom. The van der Waals surface area contributed by atoms with Gasteiger partial charge in [-0.3, -0.25) is 9.69 Å². The summed E-state index contributed by atoms with van der Waals surface area (Å²) in [7, 11) is 4.66. The lowest BCUT2D eigenvalue weighted by Crippen LogP contribution is -2.48. The van der Waals surface area contributed by atoms with Crippen LogP contribution in [-0.2, 0) is 4.74 Å². The molecule has 2 unspecified atom stereocenters. The number of carbonyl (C=O) groups is 1. The summed E-state index contributed by atoms with van der Waals surface area (Å²) in [5, 5.41) is 3.27. The first kappa shape index (κ1) is 20.7. The number of benzene rings is 1. The third-order valence-corrected chi connectivity index (χ3v) is 5.75. The Labute approximate surface area is 167 Å². The molecule has 3 rings (SSSR count). The monoisotopic (exact) mass is 392 g/mol. The summed E-state index contributed by atoms with van der Waals surface area (Å²) in [5.41, 5.74) is 0.519. The molecule has 1 heterocycles. The van der Waals surface area contributed by atoms with E-state index in [1.54, 1.807) is 33.5 Å². The first-order chi connectivity index (χ1) is 13.7. The Bertz CT molecular complexity index is 635. The average Bonchev–Trinajstić information content (AvgIpc) is 2.74. The molecule has 7 heteroatoms. The predicted octanol–water partition coefficient (Wildman–Crippen LogP) is 2.33. The van der Waals surface area contributed by atoms with Crippen molar-refractivity contribution < 1.29 is 23.7 Å². The summed E-state index contributed by atoms with van der Waals surface area (Å²) in [5.74, 6) is 1.83. The van der Waals surface area contributed by atoms with Crippen LogP contribution in [0, 0.1) is 5.92 Å². The van der Waals surface area contributed by atoms with Gasteiger partial charge in [0.15, 0.2) is 11.5 Å². The smallest absolute Gasteiger partial charge is 0.251 e. The van der Waals surface area contributed by atoms with Gasteiger partial charge in [0.1, 0.15) is 0 Å². The number of methoxy groups -OCH3 is 3. The van der Waals surface area contributed by atoms with Crippen molar-refractivity contribution in [3.05, 3.63) is 17.7 Å². The lowest BCUT2D eigenvalue weighted by molar-refractivity contribution is 0.0242. The van der Waals surface area contributed by atoms with E-state index in [2.05, 4.69) is 10.2 Å². The van der Waals surface area contributed by atoms with Crippen LogP contribution in [0.5, 0.6) is 17.2 Å². The molecule has 28 heavy (non-hydrogen) atoms. The van der Waals surface area contributed by atoms with Crippen molar-refractivity contribution in [2.24, 2.45) is 5.92 Å². The fourth-order valence-electron chi connectivity index (χ4n) is 4.20. The summed E-state index contributed by atoms with van der Waals surface area (Å²) < 4.78 is 21.6. The molecule has 1 N–H and O–H groups in total. The lowest BCUT2D eigenvalue weighted by Gasteiger charge is -2.37. The van der Waals surface area contributed by atoms with E-state index in [1.807, 2.05) is 0 Å². The van der Waals surface area contributed by atoms with Crippen LogP contribution in [0.2, 0.25) is 0 Å². The van der Waals surface area contributed by atoms with Crippen LogP contribution in [0.1, 0.15) is 36.0 Å². The first-order valence-corrected chi connectivity index (χ1v) is 10.1. The zero-order chi connectivity index (χ0) is 19.9. The first-order valence-electron chi connectivity index (χ1n) is 10.1. The van der Waals surface area contributed by atoms with Gasteiger partial charge in [-0.1, -0.05) is 12.8 Å². The molecule has 2 aliphatic rings. The Hall–Kier alpha value is -1.99. The zero-order valence-electron chi connectivity index (χ0n) is 17.2. The summed E-state index contributed by atoms with van der Waals surface area (Å²) in [4.78, 5) is 15.4. The highest BCUT2D eigenvalue weighted by Gasteiger charge is 2.29. The van der Waals surface area contributed by atoms with E-state index in [-0.39, 0.29) is 11.9 Å². The molecular formula is C21H32N2O5. The molecule has 0 bridgehead atoms. The van der Waals surface area contributed by atoms with Gasteiger partial charge in [0, 0.05) is 31.2 Å². The van der Waals surface area contributed by atoms with E-state index in [0.29, 0.717) is 28.7 Å². The summed E-state index contributed by atoms with van der Waals surface area (Å²) in [6, 6.07) is 3.59. The number of rotatable bonds is 7. The Kier molecular flexibility index (Phi) is 7.39. The second-order valence-electron chi connectivity index (χ2n) is 7.45. The van der Waals surface area contributed by atoms with Crippen molar-refractivity contribution >= 4 is 5.91 Å². The molecule has 0 radical (unpaired) electrons. The van der Waals surface area contributed by atoms with E-state index in [9.17, 15) is 4.79 Å². The normalized spacial score (nSPS) is 23.1. The van der Waals surface area contributed by atoms with Gasteiger partial charge in [0.25, 0.3) is 5.91 Å². The summed E-state index contributed by atoms with van der Waals surface area (Å²) >= 11 is 0. The molecule has 1 amide bonds. The van der Waals surface area contributed by atoms with Gasteiger partial charge < -0.3 is 24.3 Å². The van der Waals surface area contributed by atoms with Crippen molar-refractivity contribution in [3.8, 4) is 17.2 Å². The largest absolute Gasteiger partial charge is 0.493 e. The molecule has 2 fully saturated rings. The molecule has 0 spiro atoms. The fourth-order valence-corrected chi connectivity index (χ4v) is 4.20. The fraction of sp³-hybridized carbons (Fsp3) is 0.667. The zero-order valence-corrected chi connectivity index (χ0v) is 17.2. The SMILES string of the molecule is COc1cc(C(=O)NC2CCCCC2CN2CCOCC2)cc(OC)c1OC. The highest BCUT2D eigenvalue weighted by molar-refractivity contribution is 5.95. The van der Waals surface area contributed by atoms with Crippen LogP contribution in [-0.4, -0.2) is 71.0 Å². The third kappa shape index (κ3) is 4.89. The molecule has 1 aliphatic carbocycles. The molecule has 1 saturated carbocycles. The second kappa shape index (κ2) is 9.98. The number of hydrogen-bond acceptors (Lipinski definition) is 6. The lowest BCUT2D eigenvalue weighted by atomic mass is 9.83. The third-order valence-electron chi connectivity index (χ3n) is 5.75. The summed E-state index contributed by atoms with van der Waals surface area (Å²) in [6.07, 6.45) is 4.55. The Balaban J connectivity index is 1.71. The summed E-state index contributed by atoms with van der Waals surface area (Å²) in [6.45, 7) is 4.57. The van der Waals surface area contributed by atoms with Crippen LogP contribution in [0.15, 0.2) is 12.1 Å². The van der Waals surface area contributed by atoms with Gasteiger partial charge in [-0.05, 0) is 30.9 Å². The van der Waals surface area contributed by atoms with Crippen LogP contribution in [0.25, 0.3) is 0 Å². The Morgan fingerprint density at radius 3 is 2.32 bits per heavy atom. The maximum atomic E-state index is 13.0. The number of morpholine rings is 1. The van der Waals surface area contributed by atoms with Gasteiger partial charge in [0.05, 0.1) is 34.5 Å². The molecule has 0 aromatic heterocycles. The molecule has 1 saturated heterocycles. The number of nitrogens with one attached hydrogen (secondary N) is 1. The van der Waals surface area contributed by atoms with Crippen molar-refractivity contribution in [2.75, 3.05) is 54.2 Å². The van der Waals surface area contributed by atoms with Crippen LogP contribution in [0.4, 0.5) is 0 Å². The van der Waals surface area contributed by atoms with Crippen LogP contribution >= 0.6 is 0 Å². The molecule has 7 nitrogen and oxygen atoms in total. The van der Waals surface area contributed by atoms with Gasteiger partial charge in [0.2, 0.25) is 5.75 Å². The number of ether oxygens (including phenoxy) is 4. The average molecular weight is 392 g/mol. The maximum absolute atomic E-state index is 13.0. The standard InChI is InChI=1S/C21H32N2O5/c1-25-18-12-16(13-19(26-2)20(18)27-3)21(24)22-17-7-5-4-6-15(17)14-23-8-10-28-11-9-23/h12-13,15,17H,4-11,14H2,1-3H3,(H,22,24). The molecule has 1 aromatic carbocycles. The molecule has 2 atom stereocenters. The van der Waals surface area contributed by atoms with E-state index in [4.69, 9.17) is 18.9 Å². The van der Waals surface area contributed by atoms with Gasteiger partial charge >= 0.3 is 0 Å². The number of amides is 1. The highest BCUT2D eigenvalue weighted by Crippen LogP contribution is 2.38. The van der Waals surface area contributed by atoms with Crippen molar-refractivity contribution in [1.29, 1.82) is 0 Å². The Morgan fingerprint density at radius 1 is 1.07 bits per heavy atom. The maximum Gasteiger partial charge on any atom is 0.251 e. The minimum absolute atomic E-state index is 0.0990. The van der Waals surface area contributed by atoms with E-state index < -0.39 is 0 Å². The second-order valence-corrected chi connectivity index (χ2v) is 7.45. The van der Waals surface area contributed by atoms with E-state index in [0.717, 1.165) is 52.1 Å². The van der Waals surface area contributed by atoms with Gasteiger partial charge in [-0.25, -0.2) is 0 Å². The minimum atomic E-state index is -0.0990. The minimum Gasteiger partial charge on any atom is -0.493 e. The van der Waals surface area contributed by atoms with E-state index >= 15 is 0 Å². The number of carbonyl (C=O) groups excluding carboxylic acids is 1. The highest BCUT2D eigenvalue weighted by atomic mass is 16.5. The molecule has 1 aliphatic heterocycles. The number of hydrogen-bond donors (Lipinski definition) is 1. The number of nitrogens with zero attached hydrogens (tertiary/aromatic N) is 1. The van der Waals surface area contributed by atoms with Crippen LogP contribution in [0.3, 0.4) is 0 Å². The topological polar surface area (TPSA) is 69.3 Å². The molecular weight excluding hydrogens is 360 g/mol. The van der Waals surface area contributed by atoms with E-state index in [1.165, 1.54) is 6.42 Å². The van der Waals surface area contributed by atoms with Crippen molar-refractivity contribution in [3.63, 3.8) is 0 Å². The van der Waals surface area contributed by atoms with Crippen LogP contribution < -0.4 is 19.5 Å². The molecule has 156 valence electrons. The van der Waals surface area contributed by atoms with Gasteiger partial charge in [-0.15, -0.1) is 0 Å². The van der Waals surface area contributed by atoms with Crippen molar-refractivity contribution in [1.82, 2.24) is 10.2 Å². The predicted molar refractivity (Wildman–Crippen MR) is 107 cm³/mol. The van der Waals surface area contributed by atoms with Crippen molar-refractivity contribution in [2.45, 2.75) is 31.7 Å². The van der Waals surface area contributed by atoms with Gasteiger partial charge in [-0.2, -0.15) is 0 Å². The molecule has 1 aromatic rings.